The van der Waals surface area contributed by atoms with Crippen molar-refractivity contribution in [2.24, 2.45) is 23.7 Å². The molecule has 2 aliphatic carbocycles. The van der Waals surface area contributed by atoms with Gasteiger partial charge in [0, 0.05) is 42.6 Å². The Hall–Kier alpha value is -3.57. The molecule has 2 saturated carbocycles. The Bertz CT molecular complexity index is 1220. The summed E-state index contributed by atoms with van der Waals surface area (Å²) in [6, 6.07) is 7.95. The third kappa shape index (κ3) is 3.37. The molecule has 4 atom stereocenters. The standard InChI is InChI=1S/C23H22N6O2/c1-31-11-13-4-5-26-9-16(13)18-6-14-7-19(27-10-17(14)22(25)28-18)29-23(30)21-15-3-2-12(8-24)20(15)21/h4-7,9-10,12,15,20-21H,2-3,11H2,1H3,(H2,25,28)(H,27,29,30)/t12-,15+,20-,21+/m0/s1. The second kappa shape index (κ2) is 7.60. The molecule has 0 aromatic carbocycles. The molecule has 0 aliphatic heterocycles. The van der Waals surface area contributed by atoms with E-state index >= 15 is 0 Å². The molecule has 3 aromatic heterocycles. The van der Waals surface area contributed by atoms with Crippen LogP contribution >= 0.6 is 0 Å². The van der Waals surface area contributed by atoms with Crippen molar-refractivity contribution in [3.8, 4) is 17.3 Å². The zero-order valence-electron chi connectivity index (χ0n) is 17.1. The number of aromatic nitrogens is 3. The molecule has 0 bridgehead atoms. The van der Waals surface area contributed by atoms with E-state index in [0.717, 1.165) is 29.4 Å². The highest BCUT2D eigenvalue weighted by Gasteiger charge is 2.61. The molecule has 0 saturated heterocycles. The van der Waals surface area contributed by atoms with Crippen molar-refractivity contribution in [3.63, 3.8) is 0 Å². The van der Waals surface area contributed by atoms with Crippen molar-refractivity contribution in [2.45, 2.75) is 19.4 Å². The van der Waals surface area contributed by atoms with E-state index in [9.17, 15) is 10.1 Å². The number of carbonyl (C=O) groups excluding carboxylic acids is 1. The van der Waals surface area contributed by atoms with Crippen LogP contribution in [0, 0.1) is 35.0 Å². The Balaban J connectivity index is 1.43. The molecule has 156 valence electrons. The number of nitriles is 1. The SMILES string of the molecule is COCc1ccncc1-c1cc2cc(NC(=O)[C@@H]3[C@@H]4CC[C@@H](C#N)[C@@H]43)ncc2c(N)n1. The quantitative estimate of drug-likeness (QED) is 0.656. The number of anilines is 2. The molecule has 31 heavy (non-hydrogen) atoms. The highest BCUT2D eigenvalue weighted by atomic mass is 16.5. The van der Waals surface area contributed by atoms with Gasteiger partial charge in [-0.05, 0) is 53.8 Å². The molecule has 0 unspecified atom stereocenters. The van der Waals surface area contributed by atoms with Crippen LogP contribution in [0.25, 0.3) is 22.0 Å². The zero-order valence-corrected chi connectivity index (χ0v) is 17.1. The Kier molecular flexibility index (Phi) is 4.75. The number of fused-ring (bicyclic) bond motifs is 2. The number of nitrogens with zero attached hydrogens (tertiary/aromatic N) is 4. The Morgan fingerprint density at radius 1 is 1.35 bits per heavy atom. The second-order valence-corrected chi connectivity index (χ2v) is 8.22. The first-order valence-electron chi connectivity index (χ1n) is 10.3. The summed E-state index contributed by atoms with van der Waals surface area (Å²) in [5, 5.41) is 13.7. The van der Waals surface area contributed by atoms with Crippen LogP contribution in [0.2, 0.25) is 0 Å². The van der Waals surface area contributed by atoms with Gasteiger partial charge in [-0.3, -0.25) is 9.78 Å². The van der Waals surface area contributed by atoms with Crippen LogP contribution in [0.5, 0.6) is 0 Å². The average molecular weight is 414 g/mol. The van der Waals surface area contributed by atoms with E-state index in [1.807, 2.05) is 12.1 Å². The highest BCUT2D eigenvalue weighted by molar-refractivity contribution is 5.98. The van der Waals surface area contributed by atoms with E-state index in [4.69, 9.17) is 10.5 Å². The van der Waals surface area contributed by atoms with Crippen LogP contribution in [-0.4, -0.2) is 28.0 Å². The van der Waals surface area contributed by atoms with Crippen LogP contribution < -0.4 is 11.1 Å². The molecular formula is C23H22N6O2. The largest absolute Gasteiger partial charge is 0.383 e. The van der Waals surface area contributed by atoms with Crippen LogP contribution in [0.15, 0.2) is 36.8 Å². The second-order valence-electron chi connectivity index (χ2n) is 8.22. The molecule has 0 radical (unpaired) electrons. The predicted molar refractivity (Wildman–Crippen MR) is 115 cm³/mol. The molecule has 8 nitrogen and oxygen atoms in total. The third-order valence-corrected chi connectivity index (χ3v) is 6.46. The number of methoxy groups -OCH3 is 1. The lowest BCUT2D eigenvalue weighted by Crippen LogP contribution is -2.19. The number of carbonyl (C=O) groups is 1. The van der Waals surface area contributed by atoms with Crippen molar-refractivity contribution < 1.29 is 9.53 Å². The Morgan fingerprint density at radius 3 is 3.03 bits per heavy atom. The number of hydrogen-bond acceptors (Lipinski definition) is 7. The van der Waals surface area contributed by atoms with Gasteiger partial charge >= 0.3 is 0 Å². The van der Waals surface area contributed by atoms with Gasteiger partial charge in [0.2, 0.25) is 5.91 Å². The topological polar surface area (TPSA) is 127 Å². The number of pyridine rings is 3. The van der Waals surface area contributed by atoms with Crippen molar-refractivity contribution in [1.82, 2.24) is 15.0 Å². The monoisotopic (exact) mass is 414 g/mol. The maximum Gasteiger partial charge on any atom is 0.229 e. The number of rotatable bonds is 5. The fourth-order valence-corrected chi connectivity index (χ4v) is 4.93. The average Bonchev–Trinajstić information content (AvgIpc) is 3.34. The minimum absolute atomic E-state index is 0.000443. The predicted octanol–water partition coefficient (Wildman–Crippen LogP) is 3.15. The van der Waals surface area contributed by atoms with Crippen molar-refractivity contribution in [2.75, 3.05) is 18.2 Å². The molecule has 1 amide bonds. The zero-order chi connectivity index (χ0) is 21.5. The van der Waals surface area contributed by atoms with Gasteiger partial charge in [0.05, 0.1) is 24.3 Å². The molecule has 8 heteroatoms. The number of ether oxygens (including phenoxy) is 1. The summed E-state index contributed by atoms with van der Waals surface area (Å²) < 4.78 is 5.28. The minimum atomic E-state index is -0.0824. The molecule has 2 aliphatic rings. The lowest BCUT2D eigenvalue weighted by molar-refractivity contribution is -0.118. The van der Waals surface area contributed by atoms with Gasteiger partial charge in [0.15, 0.2) is 0 Å². The van der Waals surface area contributed by atoms with Gasteiger partial charge in [-0.1, -0.05) is 0 Å². The van der Waals surface area contributed by atoms with Crippen LogP contribution in [0.4, 0.5) is 11.6 Å². The number of amides is 1. The fraction of sp³-hybridized carbons (Fsp3) is 0.348. The van der Waals surface area contributed by atoms with Gasteiger partial charge in [0.1, 0.15) is 11.6 Å². The van der Waals surface area contributed by atoms with Gasteiger partial charge in [-0.15, -0.1) is 0 Å². The minimum Gasteiger partial charge on any atom is -0.383 e. The van der Waals surface area contributed by atoms with Gasteiger partial charge < -0.3 is 15.8 Å². The van der Waals surface area contributed by atoms with Gasteiger partial charge in [0.25, 0.3) is 0 Å². The van der Waals surface area contributed by atoms with E-state index in [1.54, 1.807) is 31.8 Å². The first-order valence-corrected chi connectivity index (χ1v) is 10.3. The molecule has 3 N–H and O–H groups in total. The maximum atomic E-state index is 12.7. The van der Waals surface area contributed by atoms with E-state index in [0.29, 0.717) is 35.2 Å². The lowest BCUT2D eigenvalue weighted by atomic mass is 10.0. The fourth-order valence-electron chi connectivity index (χ4n) is 4.93. The van der Waals surface area contributed by atoms with Gasteiger partial charge in [-0.25, -0.2) is 9.97 Å². The van der Waals surface area contributed by atoms with Crippen LogP contribution in [0.1, 0.15) is 18.4 Å². The third-order valence-electron chi connectivity index (χ3n) is 6.46. The summed E-state index contributed by atoms with van der Waals surface area (Å²) in [7, 11) is 1.64. The molecule has 3 heterocycles. The summed E-state index contributed by atoms with van der Waals surface area (Å²) in [5.74, 6) is 1.22. The Morgan fingerprint density at radius 2 is 2.23 bits per heavy atom. The first kappa shape index (κ1) is 19.4. The van der Waals surface area contributed by atoms with E-state index in [2.05, 4.69) is 26.3 Å². The number of nitrogen functional groups attached to an aromatic ring is 1. The summed E-state index contributed by atoms with van der Waals surface area (Å²) in [6.07, 6.45) is 6.93. The molecule has 2 fully saturated rings. The van der Waals surface area contributed by atoms with E-state index < -0.39 is 0 Å². The number of hydrogen-bond donors (Lipinski definition) is 2. The first-order chi connectivity index (χ1) is 15.1. The molecule has 3 aromatic rings. The van der Waals surface area contributed by atoms with Crippen LogP contribution in [-0.2, 0) is 16.1 Å². The normalized spacial score (nSPS) is 23.9. The van der Waals surface area contributed by atoms with Crippen LogP contribution in [0.3, 0.4) is 0 Å². The van der Waals surface area contributed by atoms with Crippen molar-refractivity contribution >= 4 is 28.3 Å². The van der Waals surface area contributed by atoms with E-state index in [1.165, 1.54) is 0 Å². The summed E-state index contributed by atoms with van der Waals surface area (Å²) in [5.41, 5.74) is 8.68. The van der Waals surface area contributed by atoms with Gasteiger partial charge in [-0.2, -0.15) is 5.26 Å². The van der Waals surface area contributed by atoms with E-state index in [-0.39, 0.29) is 23.7 Å². The molecule has 0 spiro atoms. The number of nitrogens with one attached hydrogen (secondary N) is 1. The maximum absolute atomic E-state index is 12.7. The summed E-state index contributed by atoms with van der Waals surface area (Å²) in [6.45, 7) is 0.433. The molecule has 5 rings (SSSR count). The lowest BCUT2D eigenvalue weighted by Gasteiger charge is -2.12. The number of nitrogens with two attached hydrogens (primary N) is 1. The van der Waals surface area contributed by atoms with Crippen molar-refractivity contribution in [3.05, 3.63) is 42.4 Å². The smallest absolute Gasteiger partial charge is 0.229 e. The molecular weight excluding hydrogens is 392 g/mol. The Labute approximate surface area is 179 Å². The highest BCUT2D eigenvalue weighted by Crippen LogP contribution is 2.60. The summed E-state index contributed by atoms with van der Waals surface area (Å²) in [4.78, 5) is 25.8. The summed E-state index contributed by atoms with van der Waals surface area (Å²) >= 11 is 0. The van der Waals surface area contributed by atoms with Crippen molar-refractivity contribution in [1.29, 1.82) is 5.26 Å².